The number of aliphatic hydroxyl groups is 1. The molecule has 4 nitrogen and oxygen atoms in total. The lowest BCUT2D eigenvalue weighted by molar-refractivity contribution is 0.0142. The molecule has 0 spiro atoms. The lowest BCUT2D eigenvalue weighted by Gasteiger charge is -2.32. The summed E-state index contributed by atoms with van der Waals surface area (Å²) < 4.78 is 0. The molecule has 0 aromatic rings. The first-order chi connectivity index (χ1) is 5.04. The Balaban J connectivity index is 2.50. The third-order valence-corrected chi connectivity index (χ3v) is 1.51. The van der Waals surface area contributed by atoms with Crippen LogP contribution < -0.4 is 5.53 Å². The van der Waals surface area contributed by atoms with Crippen molar-refractivity contribution in [2.75, 3.05) is 6.73 Å². The van der Waals surface area contributed by atoms with Crippen LogP contribution in [0, 0.1) is 0 Å². The highest BCUT2D eigenvalue weighted by atomic mass is 16.3. The van der Waals surface area contributed by atoms with E-state index in [9.17, 15) is 0 Å². The Morgan fingerprint density at radius 3 is 2.27 bits per heavy atom. The minimum absolute atomic E-state index is 0.0108. The van der Waals surface area contributed by atoms with Crippen LogP contribution in [-0.4, -0.2) is 27.4 Å². The van der Waals surface area contributed by atoms with Crippen LogP contribution in [0.2, 0.25) is 0 Å². The number of hydrazine groups is 2. The average molecular weight is 157 g/mol. The Labute approximate surface area is 67.0 Å². The summed E-state index contributed by atoms with van der Waals surface area (Å²) in [6.07, 6.45) is 3.70. The van der Waals surface area contributed by atoms with E-state index in [2.05, 4.69) is 26.3 Å². The SMILES string of the molecule is CC(C)(C)N1C=CN(CO)N1. The van der Waals surface area contributed by atoms with E-state index in [4.69, 9.17) is 5.11 Å². The zero-order chi connectivity index (χ0) is 8.48. The molecule has 1 aliphatic rings. The summed E-state index contributed by atoms with van der Waals surface area (Å²) in [5.41, 5.74) is 3.03. The zero-order valence-electron chi connectivity index (χ0n) is 7.20. The van der Waals surface area contributed by atoms with Crippen molar-refractivity contribution in [1.82, 2.24) is 15.6 Å². The van der Waals surface area contributed by atoms with Gasteiger partial charge in [0.2, 0.25) is 0 Å². The molecule has 0 amide bonds. The van der Waals surface area contributed by atoms with Gasteiger partial charge in [0, 0.05) is 17.9 Å². The Hall–Kier alpha value is -0.740. The molecule has 0 fully saturated rings. The fourth-order valence-corrected chi connectivity index (χ4v) is 0.805. The standard InChI is InChI=1S/C7H15N3O/c1-7(2,3)10-5-4-9(6-11)8-10/h4-5,8,11H,6H2,1-3H3. The molecular weight excluding hydrogens is 142 g/mol. The van der Waals surface area contributed by atoms with Crippen LogP contribution in [0.1, 0.15) is 20.8 Å². The molecule has 4 heteroatoms. The third-order valence-electron chi connectivity index (χ3n) is 1.51. The highest BCUT2D eigenvalue weighted by Crippen LogP contribution is 2.14. The number of hydrogen-bond acceptors (Lipinski definition) is 4. The summed E-state index contributed by atoms with van der Waals surface area (Å²) in [7, 11) is 0. The Morgan fingerprint density at radius 2 is 2.00 bits per heavy atom. The first kappa shape index (κ1) is 8.36. The van der Waals surface area contributed by atoms with E-state index in [1.807, 2.05) is 11.2 Å². The van der Waals surface area contributed by atoms with Crippen LogP contribution in [0.15, 0.2) is 12.4 Å². The molecule has 0 saturated heterocycles. The van der Waals surface area contributed by atoms with Gasteiger partial charge in [-0.2, -0.15) is 0 Å². The van der Waals surface area contributed by atoms with E-state index < -0.39 is 0 Å². The summed E-state index contributed by atoms with van der Waals surface area (Å²) in [5.74, 6) is 0. The smallest absolute Gasteiger partial charge is 0.131 e. The maximum absolute atomic E-state index is 8.74. The second kappa shape index (κ2) is 2.71. The topological polar surface area (TPSA) is 38.7 Å². The molecule has 11 heavy (non-hydrogen) atoms. The summed E-state index contributed by atoms with van der Waals surface area (Å²) in [6.45, 7) is 6.25. The largest absolute Gasteiger partial charge is 0.375 e. The van der Waals surface area contributed by atoms with Crippen molar-refractivity contribution in [3.8, 4) is 0 Å². The molecule has 0 saturated carbocycles. The van der Waals surface area contributed by atoms with Gasteiger partial charge < -0.3 is 5.11 Å². The molecule has 64 valence electrons. The molecule has 0 radical (unpaired) electrons. The van der Waals surface area contributed by atoms with Crippen LogP contribution >= 0.6 is 0 Å². The van der Waals surface area contributed by atoms with E-state index in [1.54, 1.807) is 11.2 Å². The van der Waals surface area contributed by atoms with Crippen LogP contribution in [-0.2, 0) is 0 Å². The lowest BCUT2D eigenvalue weighted by Crippen LogP contribution is -2.48. The van der Waals surface area contributed by atoms with Gasteiger partial charge in [0.25, 0.3) is 0 Å². The molecule has 0 aliphatic carbocycles. The highest BCUT2D eigenvalue weighted by Gasteiger charge is 2.22. The van der Waals surface area contributed by atoms with Gasteiger partial charge in [-0.05, 0) is 20.8 Å². The number of aliphatic hydroxyl groups excluding tert-OH is 1. The normalized spacial score (nSPS) is 18.2. The van der Waals surface area contributed by atoms with Crippen molar-refractivity contribution < 1.29 is 5.11 Å². The van der Waals surface area contributed by atoms with E-state index in [-0.39, 0.29) is 12.3 Å². The van der Waals surface area contributed by atoms with Crippen molar-refractivity contribution >= 4 is 0 Å². The van der Waals surface area contributed by atoms with Gasteiger partial charge in [0.05, 0.1) is 0 Å². The molecule has 1 rings (SSSR count). The zero-order valence-corrected chi connectivity index (χ0v) is 7.20. The monoisotopic (exact) mass is 157 g/mol. The maximum atomic E-state index is 8.74. The summed E-state index contributed by atoms with van der Waals surface area (Å²) >= 11 is 0. The molecule has 0 atom stereocenters. The first-order valence-electron chi connectivity index (χ1n) is 3.65. The van der Waals surface area contributed by atoms with Crippen LogP contribution in [0.3, 0.4) is 0 Å². The van der Waals surface area contributed by atoms with Crippen molar-refractivity contribution in [1.29, 1.82) is 0 Å². The van der Waals surface area contributed by atoms with Crippen molar-refractivity contribution in [2.24, 2.45) is 0 Å². The Bertz CT molecular complexity index is 162. The fourth-order valence-electron chi connectivity index (χ4n) is 0.805. The average Bonchev–Trinajstić information content (AvgIpc) is 2.32. The minimum Gasteiger partial charge on any atom is -0.375 e. The van der Waals surface area contributed by atoms with Gasteiger partial charge in [0.15, 0.2) is 0 Å². The van der Waals surface area contributed by atoms with Crippen LogP contribution in [0.4, 0.5) is 0 Å². The molecule has 2 N–H and O–H groups in total. The molecule has 0 unspecified atom stereocenters. The van der Waals surface area contributed by atoms with Crippen LogP contribution in [0.25, 0.3) is 0 Å². The number of nitrogens with one attached hydrogen (secondary N) is 1. The maximum Gasteiger partial charge on any atom is 0.131 e. The highest BCUT2D eigenvalue weighted by molar-refractivity contribution is 4.90. The van der Waals surface area contributed by atoms with E-state index >= 15 is 0 Å². The lowest BCUT2D eigenvalue weighted by atomic mass is 10.1. The predicted molar refractivity (Wildman–Crippen MR) is 42.8 cm³/mol. The fraction of sp³-hybridized carbons (Fsp3) is 0.714. The molecule has 0 aromatic carbocycles. The van der Waals surface area contributed by atoms with Gasteiger partial charge in [-0.1, -0.05) is 0 Å². The second-order valence-electron chi connectivity index (χ2n) is 3.55. The van der Waals surface area contributed by atoms with Crippen LogP contribution in [0.5, 0.6) is 0 Å². The van der Waals surface area contributed by atoms with E-state index in [0.717, 1.165) is 0 Å². The van der Waals surface area contributed by atoms with Gasteiger partial charge in [-0.25, -0.2) is 0 Å². The summed E-state index contributed by atoms with van der Waals surface area (Å²) in [5, 5.41) is 12.3. The van der Waals surface area contributed by atoms with Gasteiger partial charge in [-0.3, -0.25) is 10.0 Å². The number of hydrogen-bond donors (Lipinski definition) is 2. The molecule has 1 aliphatic heterocycles. The first-order valence-corrected chi connectivity index (χ1v) is 3.65. The summed E-state index contributed by atoms with van der Waals surface area (Å²) in [4.78, 5) is 0. The van der Waals surface area contributed by atoms with Gasteiger partial charge in [0.1, 0.15) is 6.73 Å². The Kier molecular flexibility index (Phi) is 2.06. The molecular formula is C7H15N3O. The van der Waals surface area contributed by atoms with Crippen molar-refractivity contribution in [3.63, 3.8) is 0 Å². The molecule has 0 aromatic heterocycles. The molecule has 0 bridgehead atoms. The number of nitrogens with zero attached hydrogens (tertiary/aromatic N) is 2. The van der Waals surface area contributed by atoms with Gasteiger partial charge >= 0.3 is 0 Å². The molecule has 1 heterocycles. The number of rotatable bonds is 1. The minimum atomic E-state index is -0.0108. The Morgan fingerprint density at radius 1 is 1.36 bits per heavy atom. The summed E-state index contributed by atoms with van der Waals surface area (Å²) in [6, 6.07) is 0. The van der Waals surface area contributed by atoms with E-state index in [0.29, 0.717) is 0 Å². The third kappa shape index (κ3) is 1.85. The van der Waals surface area contributed by atoms with Crippen molar-refractivity contribution in [2.45, 2.75) is 26.3 Å². The van der Waals surface area contributed by atoms with Crippen molar-refractivity contribution in [3.05, 3.63) is 12.4 Å². The second-order valence-corrected chi connectivity index (χ2v) is 3.55. The van der Waals surface area contributed by atoms with E-state index in [1.165, 1.54) is 0 Å². The predicted octanol–water partition coefficient (Wildman–Crippen LogP) is 0.243. The van der Waals surface area contributed by atoms with Gasteiger partial charge in [-0.15, -0.1) is 5.53 Å². The quantitative estimate of drug-likeness (QED) is 0.572.